The average molecular weight is 269 g/mol. The molecule has 1 aromatic rings. The Balaban J connectivity index is 0. The molecule has 0 bridgehead atoms. The quantitative estimate of drug-likeness (QED) is 0.827. The summed E-state index contributed by atoms with van der Waals surface area (Å²) in [5.74, 6) is 0.0778. The molecule has 0 aromatic carbocycles. The third-order valence-electron chi connectivity index (χ3n) is 1.52. The fraction of sp³-hybridized carbons (Fsp3) is 0.333. The van der Waals surface area contributed by atoms with E-state index in [0.717, 1.165) is 0 Å². The van der Waals surface area contributed by atoms with Crippen molar-refractivity contribution in [2.75, 3.05) is 20.3 Å². The van der Waals surface area contributed by atoms with Crippen LogP contribution in [0.3, 0.4) is 0 Å². The second kappa shape index (κ2) is 9.21. The molecule has 0 aliphatic heterocycles. The number of hydrogen-bond donors (Lipinski definition) is 1. The highest BCUT2D eigenvalue weighted by Crippen LogP contribution is 2.11. The molecule has 0 aliphatic carbocycles. The Bertz CT molecular complexity index is 323. The zero-order valence-electron chi connectivity index (χ0n) is 8.71. The molecule has 16 heavy (non-hydrogen) atoms. The van der Waals surface area contributed by atoms with Gasteiger partial charge in [-0.05, 0) is 6.07 Å². The highest BCUT2D eigenvalue weighted by atomic mass is 35.5. The SMILES string of the molecule is COC(=O)c1cncc(OCCN)c1.Cl.Cl. The molecular weight excluding hydrogens is 255 g/mol. The maximum absolute atomic E-state index is 11.1. The van der Waals surface area contributed by atoms with E-state index in [9.17, 15) is 4.79 Å². The lowest BCUT2D eigenvalue weighted by atomic mass is 10.3. The van der Waals surface area contributed by atoms with Crippen LogP contribution in [-0.2, 0) is 4.74 Å². The minimum absolute atomic E-state index is 0. The number of ether oxygens (including phenoxy) is 2. The number of hydrogen-bond acceptors (Lipinski definition) is 5. The molecular formula is C9H14Cl2N2O3. The van der Waals surface area contributed by atoms with Crippen molar-refractivity contribution in [1.82, 2.24) is 4.98 Å². The Morgan fingerprint density at radius 1 is 1.44 bits per heavy atom. The van der Waals surface area contributed by atoms with Gasteiger partial charge in [-0.1, -0.05) is 0 Å². The highest BCUT2D eigenvalue weighted by Gasteiger charge is 2.06. The zero-order chi connectivity index (χ0) is 10.4. The molecule has 0 saturated carbocycles. The van der Waals surface area contributed by atoms with Crippen LogP contribution in [0.15, 0.2) is 18.5 Å². The van der Waals surface area contributed by atoms with Gasteiger partial charge in [0.15, 0.2) is 0 Å². The van der Waals surface area contributed by atoms with Crippen molar-refractivity contribution in [3.05, 3.63) is 24.0 Å². The number of esters is 1. The number of rotatable bonds is 4. The summed E-state index contributed by atoms with van der Waals surface area (Å²) in [6, 6.07) is 1.56. The molecule has 7 heteroatoms. The Kier molecular flexibility index (Phi) is 9.99. The van der Waals surface area contributed by atoms with Crippen molar-refractivity contribution < 1.29 is 14.3 Å². The maximum atomic E-state index is 11.1. The van der Waals surface area contributed by atoms with Crippen molar-refractivity contribution in [2.45, 2.75) is 0 Å². The van der Waals surface area contributed by atoms with Gasteiger partial charge in [0.05, 0.1) is 18.9 Å². The van der Waals surface area contributed by atoms with Gasteiger partial charge >= 0.3 is 5.97 Å². The van der Waals surface area contributed by atoms with E-state index >= 15 is 0 Å². The fourth-order valence-corrected chi connectivity index (χ4v) is 0.904. The second-order valence-electron chi connectivity index (χ2n) is 2.54. The molecule has 0 saturated heterocycles. The summed E-state index contributed by atoms with van der Waals surface area (Å²) in [6.45, 7) is 0.814. The minimum Gasteiger partial charge on any atom is -0.491 e. The van der Waals surface area contributed by atoms with Gasteiger partial charge in [0.2, 0.25) is 0 Å². The summed E-state index contributed by atoms with van der Waals surface area (Å²) < 4.78 is 9.73. The van der Waals surface area contributed by atoms with Crippen molar-refractivity contribution in [1.29, 1.82) is 0 Å². The summed E-state index contributed by atoms with van der Waals surface area (Å²) in [6.07, 6.45) is 2.93. The Morgan fingerprint density at radius 3 is 2.69 bits per heavy atom. The maximum Gasteiger partial charge on any atom is 0.339 e. The standard InChI is InChI=1S/C9H12N2O3.2ClH/c1-13-9(12)7-4-8(6-11-5-7)14-3-2-10;;/h4-6H,2-3,10H2,1H3;2*1H. The lowest BCUT2D eigenvalue weighted by molar-refractivity contribution is 0.0599. The first-order chi connectivity index (χ1) is 6.77. The Hall–Kier alpha value is -1.04. The molecule has 1 rings (SSSR count). The van der Waals surface area contributed by atoms with Gasteiger partial charge in [-0.2, -0.15) is 0 Å². The van der Waals surface area contributed by atoms with Crippen LogP contribution in [-0.4, -0.2) is 31.2 Å². The van der Waals surface area contributed by atoms with Crippen molar-refractivity contribution >= 4 is 30.8 Å². The molecule has 0 aliphatic rings. The molecule has 2 N–H and O–H groups in total. The number of nitrogens with two attached hydrogens (primary N) is 1. The predicted octanol–water partition coefficient (Wildman–Crippen LogP) is 1.05. The molecule has 0 radical (unpaired) electrons. The van der Waals surface area contributed by atoms with Crippen molar-refractivity contribution in [3.8, 4) is 5.75 Å². The zero-order valence-corrected chi connectivity index (χ0v) is 10.3. The van der Waals surface area contributed by atoms with Crippen LogP contribution in [0.25, 0.3) is 0 Å². The number of pyridine rings is 1. The van der Waals surface area contributed by atoms with Gasteiger partial charge in [0, 0.05) is 12.7 Å². The van der Waals surface area contributed by atoms with Crippen LogP contribution >= 0.6 is 24.8 Å². The van der Waals surface area contributed by atoms with E-state index in [1.165, 1.54) is 19.5 Å². The first kappa shape index (κ1) is 17.4. The predicted molar refractivity (Wildman–Crippen MR) is 64.6 cm³/mol. The Labute approximate surface area is 106 Å². The fourth-order valence-electron chi connectivity index (χ4n) is 0.904. The summed E-state index contributed by atoms with van der Waals surface area (Å²) in [5.41, 5.74) is 5.63. The summed E-state index contributed by atoms with van der Waals surface area (Å²) >= 11 is 0. The van der Waals surface area contributed by atoms with E-state index in [1.54, 1.807) is 6.07 Å². The number of carbonyl (C=O) groups is 1. The van der Waals surface area contributed by atoms with Crippen molar-refractivity contribution in [2.24, 2.45) is 5.73 Å². The number of halogens is 2. The van der Waals surface area contributed by atoms with Crippen LogP contribution < -0.4 is 10.5 Å². The van der Waals surface area contributed by atoms with E-state index in [2.05, 4.69) is 9.72 Å². The van der Waals surface area contributed by atoms with Crippen LogP contribution in [0.4, 0.5) is 0 Å². The summed E-state index contributed by atoms with van der Waals surface area (Å²) in [7, 11) is 1.32. The van der Waals surface area contributed by atoms with Gasteiger partial charge in [-0.3, -0.25) is 4.98 Å². The third kappa shape index (κ3) is 5.16. The van der Waals surface area contributed by atoms with E-state index in [4.69, 9.17) is 10.5 Å². The summed E-state index contributed by atoms with van der Waals surface area (Å²) in [4.78, 5) is 14.9. The lowest BCUT2D eigenvalue weighted by Crippen LogP contribution is -2.11. The van der Waals surface area contributed by atoms with Crippen molar-refractivity contribution in [3.63, 3.8) is 0 Å². The Morgan fingerprint density at radius 2 is 2.12 bits per heavy atom. The second-order valence-corrected chi connectivity index (χ2v) is 2.54. The molecule has 1 aromatic heterocycles. The topological polar surface area (TPSA) is 74.4 Å². The largest absolute Gasteiger partial charge is 0.491 e. The molecule has 0 spiro atoms. The number of aromatic nitrogens is 1. The van der Waals surface area contributed by atoms with Gasteiger partial charge in [0.1, 0.15) is 12.4 Å². The first-order valence-electron chi connectivity index (χ1n) is 4.14. The normalized spacial score (nSPS) is 8.38. The van der Waals surface area contributed by atoms with Crippen LogP contribution in [0.1, 0.15) is 10.4 Å². The van der Waals surface area contributed by atoms with E-state index in [0.29, 0.717) is 24.5 Å². The molecule has 0 amide bonds. The number of methoxy groups -OCH3 is 1. The van der Waals surface area contributed by atoms with E-state index in [-0.39, 0.29) is 24.8 Å². The molecule has 92 valence electrons. The number of carbonyl (C=O) groups excluding carboxylic acids is 1. The molecule has 0 atom stereocenters. The first-order valence-corrected chi connectivity index (χ1v) is 4.14. The highest BCUT2D eigenvalue weighted by molar-refractivity contribution is 5.89. The molecule has 1 heterocycles. The van der Waals surface area contributed by atoms with Crippen LogP contribution in [0, 0.1) is 0 Å². The van der Waals surface area contributed by atoms with Gasteiger partial charge < -0.3 is 15.2 Å². The molecule has 0 unspecified atom stereocenters. The van der Waals surface area contributed by atoms with Gasteiger partial charge in [-0.25, -0.2) is 4.79 Å². The van der Waals surface area contributed by atoms with Gasteiger partial charge in [-0.15, -0.1) is 24.8 Å². The van der Waals surface area contributed by atoms with Crippen LogP contribution in [0.2, 0.25) is 0 Å². The van der Waals surface area contributed by atoms with E-state index < -0.39 is 5.97 Å². The van der Waals surface area contributed by atoms with Gasteiger partial charge in [0.25, 0.3) is 0 Å². The average Bonchev–Trinajstić information content (AvgIpc) is 2.25. The molecule has 0 fully saturated rings. The molecule has 5 nitrogen and oxygen atoms in total. The third-order valence-corrected chi connectivity index (χ3v) is 1.52. The monoisotopic (exact) mass is 268 g/mol. The number of nitrogens with zero attached hydrogens (tertiary/aromatic N) is 1. The van der Waals surface area contributed by atoms with Crippen LogP contribution in [0.5, 0.6) is 5.75 Å². The minimum atomic E-state index is -0.435. The smallest absolute Gasteiger partial charge is 0.339 e. The summed E-state index contributed by atoms with van der Waals surface area (Å²) in [5, 5.41) is 0. The lowest BCUT2D eigenvalue weighted by Gasteiger charge is -2.04. The van der Waals surface area contributed by atoms with E-state index in [1.807, 2.05) is 0 Å².